The van der Waals surface area contributed by atoms with Gasteiger partial charge in [0.15, 0.2) is 0 Å². The van der Waals surface area contributed by atoms with E-state index in [2.05, 4.69) is 45.1 Å². The summed E-state index contributed by atoms with van der Waals surface area (Å²) in [4.78, 5) is 0. The van der Waals surface area contributed by atoms with Crippen molar-refractivity contribution in [1.29, 1.82) is 0 Å². The van der Waals surface area contributed by atoms with E-state index in [-0.39, 0.29) is 0 Å². The molecule has 2 N–H and O–H groups in total. The fourth-order valence-corrected chi connectivity index (χ4v) is 2.08. The van der Waals surface area contributed by atoms with E-state index in [0.717, 1.165) is 18.5 Å². The molecule has 2 unspecified atom stereocenters. The predicted octanol–water partition coefficient (Wildman–Crippen LogP) is 3.55. The highest BCUT2D eigenvalue weighted by Gasteiger charge is 2.08. The zero-order chi connectivity index (χ0) is 14.3. The normalized spacial score (nSPS) is 14.6. The molecule has 0 bridgehead atoms. The number of aliphatic hydroxyl groups excluding tert-OH is 1. The maximum Gasteiger partial charge on any atom is 0.0914 e. The molecule has 2 nitrogen and oxygen atoms in total. The molecule has 1 rings (SSSR count). The Morgan fingerprint density at radius 3 is 2.21 bits per heavy atom. The van der Waals surface area contributed by atoms with E-state index in [4.69, 9.17) is 0 Å². The first-order valence-electron chi connectivity index (χ1n) is 7.50. The Hall–Kier alpha value is -0.860. The van der Waals surface area contributed by atoms with Gasteiger partial charge in [0.2, 0.25) is 0 Å². The summed E-state index contributed by atoms with van der Waals surface area (Å²) >= 11 is 0. The van der Waals surface area contributed by atoms with Gasteiger partial charge in [-0.15, -0.1) is 0 Å². The summed E-state index contributed by atoms with van der Waals surface area (Å²) in [5.41, 5.74) is 2.35. The fourth-order valence-electron chi connectivity index (χ4n) is 2.08. The SMILES string of the molecule is CCC(C)CNCC(O)c1ccc(CC(C)C)cc1. The van der Waals surface area contributed by atoms with Crippen LogP contribution in [0.3, 0.4) is 0 Å². The van der Waals surface area contributed by atoms with Crippen LogP contribution >= 0.6 is 0 Å². The summed E-state index contributed by atoms with van der Waals surface area (Å²) in [7, 11) is 0. The quantitative estimate of drug-likeness (QED) is 0.751. The van der Waals surface area contributed by atoms with Crippen LogP contribution in [0, 0.1) is 11.8 Å². The molecule has 0 radical (unpaired) electrons. The monoisotopic (exact) mass is 263 g/mol. The van der Waals surface area contributed by atoms with Crippen LogP contribution in [0.2, 0.25) is 0 Å². The molecule has 19 heavy (non-hydrogen) atoms. The Labute approximate surface area is 118 Å². The molecule has 0 aliphatic carbocycles. The first-order valence-corrected chi connectivity index (χ1v) is 7.50. The number of aliphatic hydroxyl groups is 1. The second-order valence-electron chi connectivity index (χ2n) is 6.03. The summed E-state index contributed by atoms with van der Waals surface area (Å²) < 4.78 is 0. The summed E-state index contributed by atoms with van der Waals surface area (Å²) in [6.07, 6.45) is 1.87. The van der Waals surface area contributed by atoms with Crippen LogP contribution < -0.4 is 5.32 Å². The van der Waals surface area contributed by atoms with Crippen molar-refractivity contribution in [2.75, 3.05) is 13.1 Å². The minimum absolute atomic E-state index is 0.405. The van der Waals surface area contributed by atoms with Gasteiger partial charge in [-0.05, 0) is 35.9 Å². The molecule has 0 saturated carbocycles. The average Bonchev–Trinajstić information content (AvgIpc) is 2.38. The third kappa shape index (κ3) is 6.22. The van der Waals surface area contributed by atoms with Gasteiger partial charge in [-0.3, -0.25) is 0 Å². The maximum atomic E-state index is 10.1. The van der Waals surface area contributed by atoms with Gasteiger partial charge in [0.05, 0.1) is 6.10 Å². The van der Waals surface area contributed by atoms with Crippen molar-refractivity contribution in [2.24, 2.45) is 11.8 Å². The van der Waals surface area contributed by atoms with Crippen LogP contribution in [0.15, 0.2) is 24.3 Å². The predicted molar refractivity (Wildman–Crippen MR) is 82.3 cm³/mol. The molecule has 2 atom stereocenters. The van der Waals surface area contributed by atoms with Crippen molar-refractivity contribution < 1.29 is 5.11 Å². The zero-order valence-electron chi connectivity index (χ0n) is 12.8. The molecular formula is C17H29NO. The minimum Gasteiger partial charge on any atom is -0.387 e. The Bertz CT molecular complexity index is 345. The summed E-state index contributed by atoms with van der Waals surface area (Å²) in [5.74, 6) is 1.34. The molecule has 0 aliphatic rings. The molecule has 0 spiro atoms. The van der Waals surface area contributed by atoms with Crippen LogP contribution in [0.25, 0.3) is 0 Å². The largest absolute Gasteiger partial charge is 0.387 e. The highest BCUT2D eigenvalue weighted by atomic mass is 16.3. The van der Waals surface area contributed by atoms with E-state index in [0.29, 0.717) is 18.4 Å². The van der Waals surface area contributed by atoms with Crippen molar-refractivity contribution in [2.45, 2.75) is 46.6 Å². The Morgan fingerprint density at radius 1 is 1.05 bits per heavy atom. The van der Waals surface area contributed by atoms with Gasteiger partial charge in [0.25, 0.3) is 0 Å². The topological polar surface area (TPSA) is 32.3 Å². The highest BCUT2D eigenvalue weighted by Crippen LogP contribution is 2.15. The molecule has 0 saturated heterocycles. The van der Waals surface area contributed by atoms with Gasteiger partial charge in [-0.25, -0.2) is 0 Å². The lowest BCUT2D eigenvalue weighted by Crippen LogP contribution is -2.26. The standard InChI is InChI=1S/C17H29NO/c1-5-14(4)11-18-12-17(19)16-8-6-15(7-9-16)10-13(2)3/h6-9,13-14,17-19H,5,10-12H2,1-4H3. The minimum atomic E-state index is -0.405. The van der Waals surface area contributed by atoms with Gasteiger partial charge in [-0.1, -0.05) is 58.4 Å². The van der Waals surface area contributed by atoms with E-state index >= 15 is 0 Å². The number of hydrogen-bond acceptors (Lipinski definition) is 2. The molecule has 0 aromatic heterocycles. The van der Waals surface area contributed by atoms with Crippen LogP contribution in [-0.4, -0.2) is 18.2 Å². The van der Waals surface area contributed by atoms with E-state index in [1.165, 1.54) is 12.0 Å². The Morgan fingerprint density at radius 2 is 1.68 bits per heavy atom. The van der Waals surface area contributed by atoms with E-state index in [9.17, 15) is 5.11 Å². The fraction of sp³-hybridized carbons (Fsp3) is 0.647. The van der Waals surface area contributed by atoms with Crippen molar-refractivity contribution in [3.8, 4) is 0 Å². The molecule has 0 heterocycles. The van der Waals surface area contributed by atoms with Gasteiger partial charge < -0.3 is 10.4 Å². The van der Waals surface area contributed by atoms with Crippen molar-refractivity contribution >= 4 is 0 Å². The Balaban J connectivity index is 2.42. The van der Waals surface area contributed by atoms with Gasteiger partial charge >= 0.3 is 0 Å². The number of hydrogen-bond donors (Lipinski definition) is 2. The summed E-state index contributed by atoms with van der Waals surface area (Å²) in [6.45, 7) is 10.5. The number of benzene rings is 1. The third-order valence-corrected chi connectivity index (χ3v) is 3.54. The smallest absolute Gasteiger partial charge is 0.0914 e. The lowest BCUT2D eigenvalue weighted by Gasteiger charge is -2.15. The molecular weight excluding hydrogens is 234 g/mol. The van der Waals surface area contributed by atoms with Crippen LogP contribution in [0.5, 0.6) is 0 Å². The lowest BCUT2D eigenvalue weighted by atomic mass is 10.00. The average molecular weight is 263 g/mol. The van der Waals surface area contributed by atoms with Gasteiger partial charge in [0, 0.05) is 6.54 Å². The first-order chi connectivity index (χ1) is 9.02. The molecule has 0 fully saturated rings. The summed E-state index contributed by atoms with van der Waals surface area (Å²) in [6, 6.07) is 8.36. The van der Waals surface area contributed by atoms with Crippen LogP contribution in [0.1, 0.15) is 51.3 Å². The molecule has 108 valence electrons. The van der Waals surface area contributed by atoms with E-state index in [1.807, 2.05) is 12.1 Å². The number of rotatable bonds is 8. The lowest BCUT2D eigenvalue weighted by molar-refractivity contribution is 0.173. The second-order valence-corrected chi connectivity index (χ2v) is 6.03. The molecule has 0 amide bonds. The molecule has 1 aromatic rings. The van der Waals surface area contributed by atoms with Gasteiger partial charge in [-0.2, -0.15) is 0 Å². The van der Waals surface area contributed by atoms with Crippen LogP contribution in [-0.2, 0) is 6.42 Å². The maximum absolute atomic E-state index is 10.1. The third-order valence-electron chi connectivity index (χ3n) is 3.54. The number of nitrogens with one attached hydrogen (secondary N) is 1. The second kappa shape index (κ2) is 8.34. The van der Waals surface area contributed by atoms with Crippen LogP contribution in [0.4, 0.5) is 0 Å². The molecule has 2 heteroatoms. The van der Waals surface area contributed by atoms with Crippen molar-refractivity contribution in [3.05, 3.63) is 35.4 Å². The van der Waals surface area contributed by atoms with Crippen molar-refractivity contribution in [3.63, 3.8) is 0 Å². The molecule has 0 aliphatic heterocycles. The highest BCUT2D eigenvalue weighted by molar-refractivity contribution is 5.24. The zero-order valence-corrected chi connectivity index (χ0v) is 12.8. The summed E-state index contributed by atoms with van der Waals surface area (Å²) in [5, 5.41) is 13.4. The van der Waals surface area contributed by atoms with Gasteiger partial charge in [0.1, 0.15) is 0 Å². The Kier molecular flexibility index (Phi) is 7.11. The first kappa shape index (κ1) is 16.2. The van der Waals surface area contributed by atoms with E-state index < -0.39 is 6.10 Å². The van der Waals surface area contributed by atoms with Crippen molar-refractivity contribution in [1.82, 2.24) is 5.32 Å². The molecule has 1 aromatic carbocycles. The van der Waals surface area contributed by atoms with E-state index in [1.54, 1.807) is 0 Å².